The zero-order chi connectivity index (χ0) is 21.9. The van der Waals surface area contributed by atoms with Gasteiger partial charge in [0, 0.05) is 0 Å². The Morgan fingerprint density at radius 1 is 0.821 bits per heavy atom. The Hall–Kier alpha value is -0.890. The van der Waals surface area contributed by atoms with Crippen LogP contribution in [0, 0.1) is 29.6 Å². The number of allylic oxidation sites excluding steroid dienone is 4. The van der Waals surface area contributed by atoms with Crippen molar-refractivity contribution < 1.29 is 9.50 Å². The average Bonchev–Trinajstić information content (AvgIpc) is 2.66. The minimum absolute atomic E-state index is 0.0281. The van der Waals surface area contributed by atoms with E-state index in [2.05, 4.69) is 47.8 Å². The second-order valence-corrected chi connectivity index (χ2v) is 9.44. The molecule has 28 heavy (non-hydrogen) atoms. The van der Waals surface area contributed by atoms with Crippen molar-refractivity contribution in [2.24, 2.45) is 29.6 Å². The van der Waals surface area contributed by atoms with Crippen LogP contribution in [-0.2, 0) is 0 Å². The first kappa shape index (κ1) is 27.1. The number of hydrogen-bond donors (Lipinski definition) is 1. The van der Waals surface area contributed by atoms with Crippen LogP contribution in [0.4, 0.5) is 4.39 Å². The van der Waals surface area contributed by atoms with Crippen LogP contribution >= 0.6 is 0 Å². The largest absolute Gasteiger partial charge is 0.393 e. The van der Waals surface area contributed by atoms with E-state index in [0.717, 1.165) is 36.7 Å². The van der Waals surface area contributed by atoms with Crippen molar-refractivity contribution in [3.63, 3.8) is 0 Å². The third-order valence-corrected chi connectivity index (χ3v) is 6.70. The first-order valence-corrected chi connectivity index (χ1v) is 11.4. The summed E-state index contributed by atoms with van der Waals surface area (Å²) in [5.41, 5.74) is 1.36. The molecule has 0 radical (unpaired) electrons. The molecule has 0 fully saturated rings. The molecule has 6 unspecified atom stereocenters. The lowest BCUT2D eigenvalue weighted by Crippen LogP contribution is -2.11. The van der Waals surface area contributed by atoms with Gasteiger partial charge >= 0.3 is 0 Å². The zero-order valence-corrected chi connectivity index (χ0v) is 19.7. The Morgan fingerprint density at radius 3 is 1.82 bits per heavy atom. The fourth-order valence-corrected chi connectivity index (χ4v) is 3.32. The van der Waals surface area contributed by atoms with Gasteiger partial charge in [-0.3, -0.25) is 0 Å². The van der Waals surface area contributed by atoms with E-state index in [1.807, 2.05) is 6.92 Å². The highest BCUT2D eigenvalue weighted by molar-refractivity contribution is 5.32. The lowest BCUT2D eigenvalue weighted by molar-refractivity contribution is 0.177. The molecule has 164 valence electrons. The molecular formula is C26H47FO. The molecule has 0 spiro atoms. The summed E-state index contributed by atoms with van der Waals surface area (Å²) in [6.07, 6.45) is 8.69. The average molecular weight is 395 g/mol. The molecule has 0 aliphatic carbocycles. The molecule has 0 rings (SSSR count). The molecule has 6 atom stereocenters. The van der Waals surface area contributed by atoms with E-state index in [-0.39, 0.29) is 23.8 Å². The monoisotopic (exact) mass is 394 g/mol. The standard InChI is InChI=1S/C26H47FO/c1-10-18(2)11-12-19(3)20(4)13-14-21(5)23(7)17-26(27)25(9)22(6)15-16-24(8)28/h17-22,24,28H,7,9-16H2,1-6,8H3/b26-17+. The van der Waals surface area contributed by atoms with Crippen LogP contribution in [0.3, 0.4) is 0 Å². The van der Waals surface area contributed by atoms with Gasteiger partial charge < -0.3 is 5.11 Å². The van der Waals surface area contributed by atoms with Gasteiger partial charge in [0.15, 0.2) is 0 Å². The van der Waals surface area contributed by atoms with Gasteiger partial charge in [-0.15, -0.1) is 0 Å². The number of rotatable bonds is 15. The van der Waals surface area contributed by atoms with Crippen LogP contribution in [-0.4, -0.2) is 11.2 Å². The molecule has 0 saturated heterocycles. The van der Waals surface area contributed by atoms with Crippen molar-refractivity contribution in [1.29, 1.82) is 0 Å². The Balaban J connectivity index is 4.49. The molecule has 1 N–H and O–H groups in total. The molecular weight excluding hydrogens is 347 g/mol. The molecule has 0 heterocycles. The van der Waals surface area contributed by atoms with E-state index >= 15 is 0 Å². The van der Waals surface area contributed by atoms with E-state index in [4.69, 9.17) is 0 Å². The van der Waals surface area contributed by atoms with Crippen molar-refractivity contribution in [2.75, 3.05) is 0 Å². The quantitative estimate of drug-likeness (QED) is 0.277. The van der Waals surface area contributed by atoms with E-state index in [1.165, 1.54) is 19.3 Å². The van der Waals surface area contributed by atoms with E-state index in [0.29, 0.717) is 17.9 Å². The molecule has 0 aromatic heterocycles. The van der Waals surface area contributed by atoms with Crippen molar-refractivity contribution in [1.82, 2.24) is 0 Å². The Morgan fingerprint density at radius 2 is 1.32 bits per heavy atom. The highest BCUT2D eigenvalue weighted by Crippen LogP contribution is 2.29. The van der Waals surface area contributed by atoms with Gasteiger partial charge in [0.2, 0.25) is 0 Å². The van der Waals surface area contributed by atoms with Gasteiger partial charge in [0.1, 0.15) is 5.83 Å². The summed E-state index contributed by atoms with van der Waals surface area (Å²) in [5, 5.41) is 9.40. The summed E-state index contributed by atoms with van der Waals surface area (Å²) in [6.45, 7) is 23.2. The summed E-state index contributed by atoms with van der Waals surface area (Å²) in [4.78, 5) is 0. The maximum absolute atomic E-state index is 14.6. The number of aliphatic hydroxyl groups is 1. The maximum atomic E-state index is 14.6. The highest BCUT2D eigenvalue weighted by Gasteiger charge is 2.17. The van der Waals surface area contributed by atoms with Crippen molar-refractivity contribution in [2.45, 2.75) is 99.5 Å². The Bertz CT molecular complexity index is 491. The van der Waals surface area contributed by atoms with Crippen molar-refractivity contribution in [3.8, 4) is 0 Å². The second kappa shape index (κ2) is 14.1. The molecule has 0 amide bonds. The number of halogens is 1. The summed E-state index contributed by atoms with van der Waals surface area (Å²) in [5.74, 6) is 2.28. The molecule has 0 saturated carbocycles. The smallest absolute Gasteiger partial charge is 0.126 e. The fraction of sp³-hybridized carbons (Fsp3) is 0.769. The minimum atomic E-state index is -0.355. The van der Waals surface area contributed by atoms with Crippen LogP contribution < -0.4 is 0 Å². The normalized spacial score (nSPS) is 18.8. The third kappa shape index (κ3) is 11.2. The highest BCUT2D eigenvalue weighted by atomic mass is 19.1. The van der Waals surface area contributed by atoms with E-state index in [1.54, 1.807) is 13.0 Å². The summed E-state index contributed by atoms with van der Waals surface area (Å²) in [6, 6.07) is 0. The first-order valence-electron chi connectivity index (χ1n) is 11.4. The van der Waals surface area contributed by atoms with Gasteiger partial charge in [0.05, 0.1) is 6.10 Å². The lowest BCUT2D eigenvalue weighted by atomic mass is 9.83. The number of hydrogen-bond acceptors (Lipinski definition) is 1. The van der Waals surface area contributed by atoms with E-state index in [9.17, 15) is 9.50 Å². The Kier molecular flexibility index (Phi) is 13.7. The first-order chi connectivity index (χ1) is 13.0. The van der Waals surface area contributed by atoms with Crippen molar-refractivity contribution >= 4 is 0 Å². The zero-order valence-electron chi connectivity index (χ0n) is 19.7. The summed E-state index contributed by atoms with van der Waals surface area (Å²) >= 11 is 0. The van der Waals surface area contributed by atoms with Crippen LogP contribution in [0.25, 0.3) is 0 Å². The van der Waals surface area contributed by atoms with Crippen molar-refractivity contribution in [3.05, 3.63) is 36.2 Å². The summed E-state index contributed by atoms with van der Waals surface area (Å²) in [7, 11) is 0. The van der Waals surface area contributed by atoms with Gasteiger partial charge in [0.25, 0.3) is 0 Å². The third-order valence-electron chi connectivity index (χ3n) is 6.70. The molecule has 0 aromatic carbocycles. The van der Waals surface area contributed by atoms with Crippen LogP contribution in [0.2, 0.25) is 0 Å². The predicted molar refractivity (Wildman–Crippen MR) is 123 cm³/mol. The summed E-state index contributed by atoms with van der Waals surface area (Å²) < 4.78 is 14.6. The van der Waals surface area contributed by atoms with Gasteiger partial charge in [-0.1, -0.05) is 74.0 Å². The molecule has 0 bridgehead atoms. The SMILES string of the molecule is C=C(/C=C(/F)C(=C)C(C)CCC(C)O)C(C)CCC(C)C(C)CCC(C)CC. The lowest BCUT2D eigenvalue weighted by Gasteiger charge is -2.23. The minimum Gasteiger partial charge on any atom is -0.393 e. The van der Waals surface area contributed by atoms with Gasteiger partial charge in [-0.25, -0.2) is 4.39 Å². The second-order valence-electron chi connectivity index (χ2n) is 9.44. The Labute approximate surface area is 175 Å². The molecule has 2 heteroatoms. The van der Waals surface area contributed by atoms with Crippen LogP contribution in [0.15, 0.2) is 36.2 Å². The van der Waals surface area contributed by atoms with Gasteiger partial charge in [-0.2, -0.15) is 0 Å². The van der Waals surface area contributed by atoms with Gasteiger partial charge in [-0.05, 0) is 79.4 Å². The maximum Gasteiger partial charge on any atom is 0.126 e. The van der Waals surface area contributed by atoms with Crippen LogP contribution in [0.1, 0.15) is 93.4 Å². The fourth-order valence-electron chi connectivity index (χ4n) is 3.32. The number of aliphatic hydroxyl groups excluding tert-OH is 1. The molecule has 0 aliphatic heterocycles. The topological polar surface area (TPSA) is 20.2 Å². The molecule has 1 nitrogen and oxygen atoms in total. The van der Waals surface area contributed by atoms with Crippen LogP contribution in [0.5, 0.6) is 0 Å². The molecule has 0 aromatic rings. The predicted octanol–water partition coefficient (Wildman–Crippen LogP) is 8.26. The molecule has 0 aliphatic rings. The van der Waals surface area contributed by atoms with E-state index < -0.39 is 0 Å².